The van der Waals surface area contributed by atoms with Gasteiger partial charge in [0.15, 0.2) is 5.69 Å². The minimum Gasteiger partial charge on any atom is -0.344 e. The van der Waals surface area contributed by atoms with E-state index in [2.05, 4.69) is 70.7 Å². The Bertz CT molecular complexity index is 689. The van der Waals surface area contributed by atoms with E-state index in [1.165, 1.54) is 22.3 Å². The molecule has 0 radical (unpaired) electrons. The van der Waals surface area contributed by atoms with E-state index in [4.69, 9.17) is 0 Å². The minimum atomic E-state index is 1.27. The summed E-state index contributed by atoms with van der Waals surface area (Å²) in [5, 5.41) is 1.30. The Hall–Kier alpha value is -2.03. The van der Waals surface area contributed by atoms with Crippen LogP contribution in [0.1, 0.15) is 5.69 Å². The zero-order valence-corrected chi connectivity index (χ0v) is 10.4. The quantitative estimate of drug-likeness (QED) is 0.564. The molecule has 0 unspecified atom stereocenters. The fourth-order valence-corrected chi connectivity index (χ4v) is 2.41. The normalized spacial score (nSPS) is 11.2. The number of hydrogen-bond acceptors (Lipinski definition) is 0. The second kappa shape index (κ2) is 3.48. The molecule has 0 aliphatic carbocycles. The Kier molecular flexibility index (Phi) is 2.08. The van der Waals surface area contributed by atoms with Crippen molar-refractivity contribution in [2.75, 3.05) is 0 Å². The van der Waals surface area contributed by atoms with Gasteiger partial charge in [0.05, 0.1) is 18.3 Å². The molecule has 0 N–H and O–H groups in total. The fourth-order valence-electron chi connectivity index (χ4n) is 2.41. The van der Waals surface area contributed by atoms with Crippen molar-refractivity contribution >= 4 is 10.9 Å². The lowest BCUT2D eigenvalue weighted by Crippen LogP contribution is -2.23. The van der Waals surface area contributed by atoms with E-state index >= 15 is 0 Å². The second-order valence-corrected chi connectivity index (χ2v) is 4.50. The van der Waals surface area contributed by atoms with Gasteiger partial charge in [-0.2, -0.15) is 4.57 Å². The van der Waals surface area contributed by atoms with E-state index in [0.29, 0.717) is 0 Å². The Morgan fingerprint density at radius 2 is 1.94 bits per heavy atom. The molecule has 2 aromatic heterocycles. The highest BCUT2D eigenvalue weighted by Crippen LogP contribution is 2.27. The molecule has 17 heavy (non-hydrogen) atoms. The van der Waals surface area contributed by atoms with E-state index in [0.717, 1.165) is 0 Å². The van der Waals surface area contributed by atoms with Gasteiger partial charge >= 0.3 is 0 Å². The van der Waals surface area contributed by atoms with Crippen LogP contribution in [0.25, 0.3) is 16.6 Å². The Morgan fingerprint density at radius 3 is 2.65 bits per heavy atom. The summed E-state index contributed by atoms with van der Waals surface area (Å²) in [4.78, 5) is 0. The third-order valence-corrected chi connectivity index (χ3v) is 3.39. The molecule has 3 aromatic rings. The van der Waals surface area contributed by atoms with Crippen molar-refractivity contribution in [3.63, 3.8) is 0 Å². The lowest BCUT2D eigenvalue weighted by Gasteiger charge is -1.97. The van der Waals surface area contributed by atoms with Crippen LogP contribution in [0, 0.1) is 6.92 Å². The molecule has 0 atom stereocenters. The van der Waals surface area contributed by atoms with E-state index in [1.807, 2.05) is 7.05 Å². The van der Waals surface area contributed by atoms with Crippen molar-refractivity contribution < 1.29 is 4.57 Å². The molecule has 2 heterocycles. The number of benzene rings is 1. The molecular weight excluding hydrogens is 210 g/mol. The van der Waals surface area contributed by atoms with E-state index in [9.17, 15) is 0 Å². The summed E-state index contributed by atoms with van der Waals surface area (Å²) in [5.41, 5.74) is 3.82. The van der Waals surface area contributed by atoms with E-state index in [-0.39, 0.29) is 0 Å². The first kappa shape index (κ1) is 10.1. The summed E-state index contributed by atoms with van der Waals surface area (Å²) in [5.74, 6) is 0. The number of rotatable bonds is 1. The maximum absolute atomic E-state index is 2.24. The first-order chi connectivity index (χ1) is 8.18. The number of nitrogens with zero attached hydrogens (tertiary/aromatic N) is 3. The Morgan fingerprint density at radius 1 is 1.18 bits per heavy atom. The molecule has 0 bridgehead atoms. The second-order valence-electron chi connectivity index (χ2n) is 4.50. The summed E-state index contributed by atoms with van der Waals surface area (Å²) >= 11 is 0. The first-order valence-corrected chi connectivity index (χ1v) is 5.76. The summed E-state index contributed by atoms with van der Waals surface area (Å²) in [6.45, 7) is 2.16. The van der Waals surface area contributed by atoms with Crippen LogP contribution in [-0.2, 0) is 14.1 Å². The standard InChI is InChI=1S/C14H16N3/c1-11-14(17-9-8-15(2)10-17)12-6-4-5-7-13(12)16(11)3/h4-10H,1-3H3/q+1. The zero-order valence-electron chi connectivity index (χ0n) is 10.4. The average molecular weight is 226 g/mol. The Labute approximate surface area is 101 Å². The van der Waals surface area contributed by atoms with Gasteiger partial charge in [-0.05, 0) is 19.1 Å². The number of hydrogen-bond donors (Lipinski definition) is 0. The maximum Gasteiger partial charge on any atom is 0.248 e. The van der Waals surface area contributed by atoms with Crippen molar-refractivity contribution in [2.45, 2.75) is 6.92 Å². The van der Waals surface area contributed by atoms with Crippen LogP contribution in [0.15, 0.2) is 43.0 Å². The third-order valence-electron chi connectivity index (χ3n) is 3.39. The topological polar surface area (TPSA) is 13.7 Å². The largest absolute Gasteiger partial charge is 0.344 e. The highest BCUT2D eigenvalue weighted by atomic mass is 15.1. The van der Waals surface area contributed by atoms with Crippen molar-refractivity contribution in [3.8, 4) is 5.69 Å². The lowest BCUT2D eigenvalue weighted by atomic mass is 10.2. The van der Waals surface area contributed by atoms with Crippen molar-refractivity contribution in [2.24, 2.45) is 14.1 Å². The molecule has 3 nitrogen and oxygen atoms in total. The smallest absolute Gasteiger partial charge is 0.248 e. The molecule has 0 saturated heterocycles. The molecule has 0 spiro atoms. The first-order valence-electron chi connectivity index (χ1n) is 5.76. The predicted molar refractivity (Wildman–Crippen MR) is 68.2 cm³/mol. The summed E-state index contributed by atoms with van der Waals surface area (Å²) in [6.07, 6.45) is 6.24. The summed E-state index contributed by atoms with van der Waals surface area (Å²) < 4.78 is 6.48. The highest BCUT2D eigenvalue weighted by Gasteiger charge is 2.17. The molecule has 86 valence electrons. The van der Waals surface area contributed by atoms with Gasteiger partial charge in [0, 0.05) is 12.4 Å². The molecule has 0 fully saturated rings. The van der Waals surface area contributed by atoms with Crippen LogP contribution in [0.3, 0.4) is 0 Å². The number of aromatic nitrogens is 3. The third kappa shape index (κ3) is 1.39. The molecule has 3 heteroatoms. The monoisotopic (exact) mass is 226 g/mol. The fraction of sp³-hybridized carbons (Fsp3) is 0.214. The molecule has 1 aromatic carbocycles. The highest BCUT2D eigenvalue weighted by molar-refractivity contribution is 5.90. The summed E-state index contributed by atoms with van der Waals surface area (Å²) in [7, 11) is 4.15. The van der Waals surface area contributed by atoms with Crippen LogP contribution in [0.5, 0.6) is 0 Å². The summed E-state index contributed by atoms with van der Waals surface area (Å²) in [6, 6.07) is 8.52. The number of imidazole rings is 1. The molecular formula is C14H16N3+. The van der Waals surface area contributed by atoms with Gasteiger partial charge in [-0.1, -0.05) is 12.1 Å². The minimum absolute atomic E-state index is 1.27. The lowest BCUT2D eigenvalue weighted by molar-refractivity contribution is -0.670. The number of fused-ring (bicyclic) bond motifs is 1. The van der Waals surface area contributed by atoms with Crippen LogP contribution < -0.4 is 4.57 Å². The predicted octanol–water partition coefficient (Wildman–Crippen LogP) is 2.10. The molecule has 0 saturated carbocycles. The van der Waals surface area contributed by atoms with Gasteiger partial charge in [0.25, 0.3) is 0 Å². The van der Waals surface area contributed by atoms with Gasteiger partial charge in [-0.3, -0.25) is 0 Å². The molecule has 0 aliphatic rings. The van der Waals surface area contributed by atoms with Gasteiger partial charge < -0.3 is 4.57 Å². The average Bonchev–Trinajstić information content (AvgIpc) is 2.84. The number of para-hydroxylation sites is 1. The van der Waals surface area contributed by atoms with Gasteiger partial charge in [0.1, 0.15) is 12.4 Å². The Balaban J connectivity index is 2.40. The van der Waals surface area contributed by atoms with E-state index < -0.39 is 0 Å². The van der Waals surface area contributed by atoms with Crippen molar-refractivity contribution in [1.29, 1.82) is 0 Å². The van der Waals surface area contributed by atoms with Gasteiger partial charge in [0.2, 0.25) is 6.33 Å². The van der Waals surface area contributed by atoms with Crippen LogP contribution in [-0.4, -0.2) is 9.13 Å². The van der Waals surface area contributed by atoms with Crippen molar-refractivity contribution in [1.82, 2.24) is 9.13 Å². The van der Waals surface area contributed by atoms with E-state index in [1.54, 1.807) is 0 Å². The van der Waals surface area contributed by atoms with Gasteiger partial charge in [-0.15, -0.1) is 0 Å². The van der Waals surface area contributed by atoms with Crippen molar-refractivity contribution in [3.05, 3.63) is 48.7 Å². The van der Waals surface area contributed by atoms with Gasteiger partial charge in [-0.25, -0.2) is 4.57 Å². The molecule has 0 amide bonds. The maximum atomic E-state index is 2.24. The van der Waals surface area contributed by atoms with Crippen LogP contribution >= 0.6 is 0 Å². The van der Waals surface area contributed by atoms with Crippen LogP contribution in [0.4, 0.5) is 0 Å². The molecule has 0 aliphatic heterocycles. The molecule has 3 rings (SSSR count). The SMILES string of the molecule is Cc1c(-n2cc[n+](C)c2)c2ccccc2n1C. The number of aryl methyl sites for hydroxylation is 2. The zero-order chi connectivity index (χ0) is 12.0. The van der Waals surface area contributed by atoms with Crippen LogP contribution in [0.2, 0.25) is 0 Å².